The fourth-order valence-electron chi connectivity index (χ4n) is 2.15. The largest absolute Gasteiger partial charge is 0.468 e. The second-order valence-electron chi connectivity index (χ2n) is 4.90. The number of hydrogen-bond donors (Lipinski definition) is 2. The molecule has 1 fully saturated rings. The topological polar surface area (TPSA) is 74.6 Å². The van der Waals surface area contributed by atoms with Gasteiger partial charge in [-0.3, -0.25) is 14.5 Å². The van der Waals surface area contributed by atoms with Crippen molar-refractivity contribution in [1.29, 1.82) is 0 Å². The molecule has 2 heterocycles. The minimum Gasteiger partial charge on any atom is -0.468 e. The molecule has 6 heteroatoms. The Morgan fingerprint density at radius 1 is 1.63 bits per heavy atom. The number of carbonyl (C=O) groups excluding carboxylic acids is 2. The Labute approximate surface area is 112 Å². The van der Waals surface area contributed by atoms with Crippen LogP contribution in [0.5, 0.6) is 0 Å². The van der Waals surface area contributed by atoms with Crippen LogP contribution in [0.4, 0.5) is 0 Å². The lowest BCUT2D eigenvalue weighted by molar-refractivity contribution is -0.125. The lowest BCUT2D eigenvalue weighted by Crippen LogP contribution is -2.44. The van der Waals surface area contributed by atoms with E-state index in [9.17, 15) is 9.59 Å². The predicted octanol–water partition coefficient (Wildman–Crippen LogP) is 0.277. The third kappa shape index (κ3) is 3.35. The van der Waals surface area contributed by atoms with E-state index in [0.717, 1.165) is 5.76 Å². The maximum atomic E-state index is 11.9. The van der Waals surface area contributed by atoms with Gasteiger partial charge in [0.25, 0.3) is 0 Å². The zero-order chi connectivity index (χ0) is 13.8. The molecule has 2 amide bonds. The van der Waals surface area contributed by atoms with Gasteiger partial charge in [0.15, 0.2) is 0 Å². The first-order valence-electron chi connectivity index (χ1n) is 6.35. The van der Waals surface area contributed by atoms with E-state index in [0.29, 0.717) is 19.4 Å². The molecule has 19 heavy (non-hydrogen) atoms. The number of carbonyl (C=O) groups is 2. The Morgan fingerprint density at radius 2 is 2.42 bits per heavy atom. The fraction of sp³-hybridized carbons (Fsp3) is 0.538. The number of nitrogens with zero attached hydrogens (tertiary/aromatic N) is 1. The van der Waals surface area contributed by atoms with Crippen molar-refractivity contribution in [2.75, 3.05) is 20.6 Å². The highest BCUT2D eigenvalue weighted by atomic mass is 16.3. The summed E-state index contributed by atoms with van der Waals surface area (Å²) in [7, 11) is 3.85. The van der Waals surface area contributed by atoms with Gasteiger partial charge in [-0.15, -0.1) is 0 Å². The Morgan fingerprint density at radius 3 is 2.95 bits per heavy atom. The molecule has 0 radical (unpaired) electrons. The first-order chi connectivity index (χ1) is 9.08. The molecule has 6 nitrogen and oxygen atoms in total. The summed E-state index contributed by atoms with van der Waals surface area (Å²) in [5, 5.41) is 5.51. The summed E-state index contributed by atoms with van der Waals surface area (Å²) < 4.78 is 5.37. The summed E-state index contributed by atoms with van der Waals surface area (Å²) in [4.78, 5) is 25.0. The molecule has 0 aromatic carbocycles. The maximum Gasteiger partial charge on any atom is 0.242 e. The quantitative estimate of drug-likeness (QED) is 0.802. The van der Waals surface area contributed by atoms with Gasteiger partial charge in [0, 0.05) is 13.0 Å². The molecular formula is C13H19N3O3. The second-order valence-corrected chi connectivity index (χ2v) is 4.90. The van der Waals surface area contributed by atoms with Crippen molar-refractivity contribution in [3.8, 4) is 0 Å². The monoisotopic (exact) mass is 265 g/mol. The van der Waals surface area contributed by atoms with Gasteiger partial charge in [0.1, 0.15) is 11.8 Å². The van der Waals surface area contributed by atoms with Crippen molar-refractivity contribution in [3.05, 3.63) is 24.2 Å². The van der Waals surface area contributed by atoms with Gasteiger partial charge >= 0.3 is 0 Å². The zero-order valence-electron chi connectivity index (χ0n) is 11.2. The van der Waals surface area contributed by atoms with Gasteiger partial charge in [-0.05, 0) is 32.6 Å². The summed E-state index contributed by atoms with van der Waals surface area (Å²) in [6.07, 6.45) is 2.61. The van der Waals surface area contributed by atoms with E-state index in [2.05, 4.69) is 10.6 Å². The van der Waals surface area contributed by atoms with Gasteiger partial charge in [0.2, 0.25) is 11.8 Å². The molecule has 0 bridgehead atoms. The highest BCUT2D eigenvalue weighted by Gasteiger charge is 2.28. The van der Waals surface area contributed by atoms with Crippen LogP contribution in [0, 0.1) is 0 Å². The van der Waals surface area contributed by atoms with Crippen molar-refractivity contribution < 1.29 is 14.0 Å². The molecule has 2 N–H and O–H groups in total. The molecule has 1 aliphatic rings. The smallest absolute Gasteiger partial charge is 0.242 e. The molecule has 1 saturated heterocycles. The average Bonchev–Trinajstić information content (AvgIpc) is 3.00. The van der Waals surface area contributed by atoms with Crippen LogP contribution in [0.3, 0.4) is 0 Å². The third-order valence-electron chi connectivity index (χ3n) is 3.28. The molecule has 0 spiro atoms. The normalized spacial score (nSPS) is 20.4. The molecule has 1 aromatic heterocycles. The van der Waals surface area contributed by atoms with Gasteiger partial charge in [-0.25, -0.2) is 0 Å². The van der Waals surface area contributed by atoms with Crippen LogP contribution in [0.25, 0.3) is 0 Å². The highest BCUT2D eigenvalue weighted by Crippen LogP contribution is 2.17. The number of furan rings is 1. The minimum atomic E-state index is -0.396. The van der Waals surface area contributed by atoms with E-state index in [1.807, 2.05) is 31.1 Å². The van der Waals surface area contributed by atoms with Crippen LogP contribution >= 0.6 is 0 Å². The minimum absolute atomic E-state index is 0.0175. The molecule has 104 valence electrons. The van der Waals surface area contributed by atoms with Crippen molar-refractivity contribution in [3.63, 3.8) is 0 Å². The standard InChI is InChI=1S/C13H19N3O3/c1-16(2)10(11-4-3-7-19-11)8-14-13(18)9-5-6-12(17)15-9/h3-4,7,9-10H,5-6,8H2,1-2H3,(H,14,18)(H,15,17)/t9-,10+/m0/s1. The van der Waals surface area contributed by atoms with Crippen LogP contribution in [0.15, 0.2) is 22.8 Å². The van der Waals surface area contributed by atoms with Crippen molar-refractivity contribution in [2.45, 2.75) is 24.9 Å². The molecule has 1 aromatic rings. The summed E-state index contributed by atoms with van der Waals surface area (Å²) in [6.45, 7) is 0.450. The average molecular weight is 265 g/mol. The number of amides is 2. The number of rotatable bonds is 5. The fourth-order valence-corrected chi connectivity index (χ4v) is 2.15. The number of nitrogens with one attached hydrogen (secondary N) is 2. The summed E-state index contributed by atoms with van der Waals surface area (Å²) in [5.41, 5.74) is 0. The molecule has 0 unspecified atom stereocenters. The highest BCUT2D eigenvalue weighted by molar-refractivity contribution is 5.90. The SMILES string of the molecule is CN(C)[C@H](CNC(=O)[C@@H]1CCC(=O)N1)c1ccco1. The molecule has 1 aliphatic heterocycles. The zero-order valence-corrected chi connectivity index (χ0v) is 11.2. The maximum absolute atomic E-state index is 11.9. The Hall–Kier alpha value is -1.82. The third-order valence-corrected chi connectivity index (χ3v) is 3.28. The van der Waals surface area contributed by atoms with Crippen LogP contribution in [0.2, 0.25) is 0 Å². The lowest BCUT2D eigenvalue weighted by atomic mass is 10.2. The van der Waals surface area contributed by atoms with Crippen molar-refractivity contribution in [1.82, 2.24) is 15.5 Å². The van der Waals surface area contributed by atoms with Crippen LogP contribution < -0.4 is 10.6 Å². The first-order valence-corrected chi connectivity index (χ1v) is 6.35. The molecule has 0 aliphatic carbocycles. The van der Waals surface area contributed by atoms with E-state index >= 15 is 0 Å². The van der Waals surface area contributed by atoms with Gasteiger partial charge in [-0.2, -0.15) is 0 Å². The second kappa shape index (κ2) is 5.88. The van der Waals surface area contributed by atoms with Crippen LogP contribution in [0.1, 0.15) is 24.6 Å². The van der Waals surface area contributed by atoms with E-state index in [-0.39, 0.29) is 17.9 Å². The molecule has 2 rings (SSSR count). The van der Waals surface area contributed by atoms with Crippen LogP contribution in [-0.2, 0) is 9.59 Å². The van der Waals surface area contributed by atoms with E-state index in [1.165, 1.54) is 0 Å². The molecule has 2 atom stereocenters. The molecular weight excluding hydrogens is 246 g/mol. The van der Waals surface area contributed by atoms with Crippen molar-refractivity contribution in [2.24, 2.45) is 0 Å². The van der Waals surface area contributed by atoms with Gasteiger partial charge in [-0.1, -0.05) is 0 Å². The Bertz CT molecular complexity index is 442. The number of likely N-dealkylation sites (N-methyl/N-ethyl adjacent to an activating group) is 1. The Balaban J connectivity index is 1.89. The van der Waals surface area contributed by atoms with Gasteiger partial charge < -0.3 is 15.1 Å². The summed E-state index contributed by atoms with van der Waals surface area (Å²) >= 11 is 0. The summed E-state index contributed by atoms with van der Waals surface area (Å²) in [5.74, 6) is 0.611. The lowest BCUT2D eigenvalue weighted by Gasteiger charge is -2.23. The first kappa shape index (κ1) is 13.6. The molecule has 0 saturated carbocycles. The Kier molecular flexibility index (Phi) is 4.21. The van der Waals surface area contributed by atoms with E-state index < -0.39 is 6.04 Å². The van der Waals surface area contributed by atoms with Gasteiger partial charge in [0.05, 0.1) is 12.3 Å². The van der Waals surface area contributed by atoms with Crippen molar-refractivity contribution >= 4 is 11.8 Å². The van der Waals surface area contributed by atoms with Crippen LogP contribution in [-0.4, -0.2) is 43.4 Å². The van der Waals surface area contributed by atoms with E-state index in [1.54, 1.807) is 6.26 Å². The number of hydrogen-bond acceptors (Lipinski definition) is 4. The van der Waals surface area contributed by atoms with E-state index in [4.69, 9.17) is 4.42 Å². The predicted molar refractivity (Wildman–Crippen MR) is 69.3 cm³/mol. The summed E-state index contributed by atoms with van der Waals surface area (Å²) in [6, 6.07) is 3.29.